The van der Waals surface area contributed by atoms with Crippen molar-refractivity contribution in [1.29, 1.82) is 0 Å². The molecule has 2 aromatic heterocycles. The SMILES string of the molecule is Cc1cccc2nc(CN3c4ccccc4CC[C@H]3C)cc(=O)n12. The monoisotopic (exact) mass is 319 g/mol. The maximum absolute atomic E-state index is 12.5. The van der Waals surface area contributed by atoms with Crippen molar-refractivity contribution in [2.45, 2.75) is 39.3 Å². The molecule has 0 saturated heterocycles. The van der Waals surface area contributed by atoms with Crippen molar-refractivity contribution in [3.8, 4) is 0 Å². The predicted molar refractivity (Wildman–Crippen MR) is 96.6 cm³/mol. The van der Waals surface area contributed by atoms with Crippen LogP contribution in [-0.2, 0) is 13.0 Å². The lowest BCUT2D eigenvalue weighted by Crippen LogP contribution is -2.37. The number of pyridine rings is 1. The number of rotatable bonds is 2. The first-order chi connectivity index (χ1) is 11.6. The molecule has 1 aliphatic heterocycles. The van der Waals surface area contributed by atoms with Gasteiger partial charge in [0.05, 0.1) is 12.2 Å². The summed E-state index contributed by atoms with van der Waals surface area (Å²) >= 11 is 0. The normalized spacial score (nSPS) is 17.1. The van der Waals surface area contributed by atoms with Gasteiger partial charge in [-0.3, -0.25) is 9.20 Å². The molecule has 122 valence electrons. The van der Waals surface area contributed by atoms with Gasteiger partial charge in [0.25, 0.3) is 5.56 Å². The van der Waals surface area contributed by atoms with Crippen molar-refractivity contribution < 1.29 is 0 Å². The van der Waals surface area contributed by atoms with Gasteiger partial charge >= 0.3 is 0 Å². The highest BCUT2D eigenvalue weighted by Crippen LogP contribution is 2.31. The fourth-order valence-electron chi connectivity index (χ4n) is 3.62. The van der Waals surface area contributed by atoms with Crippen LogP contribution in [0, 0.1) is 6.92 Å². The van der Waals surface area contributed by atoms with Gasteiger partial charge in [-0.2, -0.15) is 0 Å². The predicted octanol–water partition coefficient (Wildman–Crippen LogP) is 3.34. The summed E-state index contributed by atoms with van der Waals surface area (Å²) in [6, 6.07) is 16.4. The molecule has 4 heteroatoms. The molecule has 3 aromatic rings. The molecule has 1 atom stereocenters. The number of hydrogen-bond acceptors (Lipinski definition) is 3. The molecule has 0 aliphatic carbocycles. The summed E-state index contributed by atoms with van der Waals surface area (Å²) in [7, 11) is 0. The van der Waals surface area contributed by atoms with E-state index in [0.717, 1.165) is 29.9 Å². The molecule has 0 radical (unpaired) electrons. The van der Waals surface area contributed by atoms with E-state index in [9.17, 15) is 4.79 Å². The van der Waals surface area contributed by atoms with E-state index in [1.807, 2.05) is 25.1 Å². The first kappa shape index (κ1) is 14.9. The van der Waals surface area contributed by atoms with Crippen LogP contribution >= 0.6 is 0 Å². The van der Waals surface area contributed by atoms with Crippen LogP contribution in [0.4, 0.5) is 5.69 Å². The molecular formula is C20H21N3O. The van der Waals surface area contributed by atoms with Gasteiger partial charge in [0.1, 0.15) is 5.65 Å². The number of benzene rings is 1. The van der Waals surface area contributed by atoms with E-state index in [4.69, 9.17) is 4.98 Å². The molecule has 4 rings (SSSR count). The second-order valence-corrected chi connectivity index (χ2v) is 6.59. The zero-order chi connectivity index (χ0) is 16.7. The van der Waals surface area contributed by atoms with Crippen LogP contribution < -0.4 is 10.5 Å². The van der Waals surface area contributed by atoms with Gasteiger partial charge in [0.2, 0.25) is 0 Å². The summed E-state index contributed by atoms with van der Waals surface area (Å²) in [5.41, 5.74) is 5.09. The van der Waals surface area contributed by atoms with Crippen LogP contribution in [0.2, 0.25) is 0 Å². The Morgan fingerprint density at radius 1 is 1.17 bits per heavy atom. The van der Waals surface area contributed by atoms with E-state index in [2.05, 4.69) is 36.1 Å². The summed E-state index contributed by atoms with van der Waals surface area (Å²) in [6.45, 7) is 4.84. The number of para-hydroxylation sites is 1. The van der Waals surface area contributed by atoms with E-state index in [-0.39, 0.29) is 5.56 Å². The molecule has 0 amide bonds. The zero-order valence-corrected chi connectivity index (χ0v) is 14.1. The highest BCUT2D eigenvalue weighted by Gasteiger charge is 2.23. The number of anilines is 1. The largest absolute Gasteiger partial charge is 0.363 e. The number of hydrogen-bond donors (Lipinski definition) is 0. The van der Waals surface area contributed by atoms with E-state index in [0.29, 0.717) is 12.6 Å². The molecule has 0 saturated carbocycles. The first-order valence-corrected chi connectivity index (χ1v) is 8.46. The fraction of sp³-hybridized carbons (Fsp3) is 0.300. The first-order valence-electron chi connectivity index (χ1n) is 8.46. The van der Waals surface area contributed by atoms with Crippen LogP contribution in [-0.4, -0.2) is 15.4 Å². The lowest BCUT2D eigenvalue weighted by atomic mass is 9.96. The summed E-state index contributed by atoms with van der Waals surface area (Å²) in [4.78, 5) is 19.6. The Balaban J connectivity index is 1.76. The Hall–Kier alpha value is -2.62. The molecule has 4 nitrogen and oxygen atoms in total. The molecule has 0 unspecified atom stereocenters. The van der Waals surface area contributed by atoms with Gasteiger partial charge in [-0.05, 0) is 50.5 Å². The molecule has 24 heavy (non-hydrogen) atoms. The zero-order valence-electron chi connectivity index (χ0n) is 14.1. The minimum Gasteiger partial charge on any atom is -0.363 e. The van der Waals surface area contributed by atoms with E-state index >= 15 is 0 Å². The van der Waals surface area contributed by atoms with Gasteiger partial charge in [0, 0.05) is 23.5 Å². The Kier molecular flexibility index (Phi) is 3.60. The van der Waals surface area contributed by atoms with Crippen LogP contribution in [0.1, 0.15) is 30.3 Å². The van der Waals surface area contributed by atoms with Crippen LogP contribution in [0.15, 0.2) is 53.3 Å². The highest BCUT2D eigenvalue weighted by atomic mass is 16.1. The van der Waals surface area contributed by atoms with Gasteiger partial charge in [-0.25, -0.2) is 4.98 Å². The van der Waals surface area contributed by atoms with Gasteiger partial charge < -0.3 is 4.90 Å². The van der Waals surface area contributed by atoms with Crippen molar-refractivity contribution >= 4 is 11.3 Å². The van der Waals surface area contributed by atoms with E-state index in [1.54, 1.807) is 10.5 Å². The van der Waals surface area contributed by atoms with Crippen molar-refractivity contribution in [3.05, 3.63) is 75.8 Å². The smallest absolute Gasteiger partial charge is 0.258 e. The Morgan fingerprint density at radius 3 is 2.88 bits per heavy atom. The third-order valence-electron chi connectivity index (χ3n) is 4.93. The molecule has 0 fully saturated rings. The van der Waals surface area contributed by atoms with E-state index in [1.165, 1.54) is 11.3 Å². The molecule has 0 spiro atoms. The number of fused-ring (bicyclic) bond motifs is 2. The third-order valence-corrected chi connectivity index (χ3v) is 4.93. The molecule has 3 heterocycles. The Bertz CT molecular complexity index is 961. The standard InChI is InChI=1S/C20H21N3O/c1-14-10-11-16-7-3-4-8-18(16)22(14)13-17-12-20(24)23-15(2)6-5-9-19(23)21-17/h3-9,12,14H,10-11,13H2,1-2H3/t14-/m1/s1. The minimum atomic E-state index is -0.00829. The lowest BCUT2D eigenvalue weighted by molar-refractivity contribution is 0.556. The summed E-state index contributed by atoms with van der Waals surface area (Å²) < 4.78 is 1.66. The summed E-state index contributed by atoms with van der Waals surface area (Å²) in [6.07, 6.45) is 2.24. The van der Waals surface area contributed by atoms with Crippen LogP contribution in [0.5, 0.6) is 0 Å². The van der Waals surface area contributed by atoms with Gasteiger partial charge in [0.15, 0.2) is 0 Å². The van der Waals surface area contributed by atoms with Crippen molar-refractivity contribution in [3.63, 3.8) is 0 Å². The molecule has 0 bridgehead atoms. The molecule has 1 aromatic carbocycles. The number of aromatic nitrogens is 2. The fourth-order valence-corrected chi connectivity index (χ4v) is 3.62. The second-order valence-electron chi connectivity index (χ2n) is 6.59. The Morgan fingerprint density at radius 2 is 2.00 bits per heavy atom. The van der Waals surface area contributed by atoms with E-state index < -0.39 is 0 Å². The second kappa shape index (κ2) is 5.78. The summed E-state index contributed by atoms with van der Waals surface area (Å²) in [5.74, 6) is 0. The highest BCUT2D eigenvalue weighted by molar-refractivity contribution is 5.56. The van der Waals surface area contributed by atoms with Crippen LogP contribution in [0.3, 0.4) is 0 Å². The van der Waals surface area contributed by atoms with Crippen molar-refractivity contribution in [2.75, 3.05) is 4.90 Å². The Labute approximate surface area is 141 Å². The maximum atomic E-state index is 12.5. The van der Waals surface area contributed by atoms with Gasteiger partial charge in [-0.1, -0.05) is 24.3 Å². The molecule has 0 N–H and O–H groups in total. The molecule has 1 aliphatic rings. The third kappa shape index (κ3) is 2.48. The van der Waals surface area contributed by atoms with Crippen molar-refractivity contribution in [1.82, 2.24) is 9.38 Å². The van der Waals surface area contributed by atoms with Gasteiger partial charge in [-0.15, -0.1) is 0 Å². The average molecular weight is 319 g/mol. The minimum absolute atomic E-state index is 0.00829. The quantitative estimate of drug-likeness (QED) is 0.727. The topological polar surface area (TPSA) is 37.6 Å². The average Bonchev–Trinajstić information content (AvgIpc) is 2.57. The lowest BCUT2D eigenvalue weighted by Gasteiger charge is -2.37. The summed E-state index contributed by atoms with van der Waals surface area (Å²) in [5, 5.41) is 0. The van der Waals surface area contributed by atoms with Crippen LogP contribution in [0.25, 0.3) is 5.65 Å². The number of nitrogens with zero attached hydrogens (tertiary/aromatic N) is 3. The number of aryl methyl sites for hydroxylation is 2. The van der Waals surface area contributed by atoms with Crippen molar-refractivity contribution in [2.24, 2.45) is 0 Å². The molecular weight excluding hydrogens is 298 g/mol. The maximum Gasteiger partial charge on any atom is 0.258 e.